The normalized spacial score (nSPS) is 20.3. The Balaban J connectivity index is 0.00000256. The van der Waals surface area contributed by atoms with Crippen LogP contribution < -0.4 is 5.32 Å². The summed E-state index contributed by atoms with van der Waals surface area (Å²) in [6.07, 6.45) is 4.86. The van der Waals surface area contributed by atoms with E-state index in [0.29, 0.717) is 12.1 Å². The van der Waals surface area contributed by atoms with Gasteiger partial charge in [-0.1, -0.05) is 18.2 Å². The fourth-order valence-corrected chi connectivity index (χ4v) is 3.96. The van der Waals surface area contributed by atoms with Crippen LogP contribution in [0.15, 0.2) is 35.5 Å². The van der Waals surface area contributed by atoms with Crippen LogP contribution >= 0.6 is 24.0 Å². The molecule has 2 aliphatic rings. The van der Waals surface area contributed by atoms with E-state index in [-0.39, 0.29) is 36.4 Å². The minimum atomic E-state index is 0. The Hall–Kier alpha value is -1.88. The van der Waals surface area contributed by atoms with Crippen LogP contribution in [-0.4, -0.2) is 84.4 Å². The molecule has 1 amide bonds. The van der Waals surface area contributed by atoms with Crippen molar-refractivity contribution in [2.24, 2.45) is 4.99 Å². The molecule has 2 saturated heterocycles. The lowest BCUT2D eigenvalue weighted by molar-refractivity contribution is -0.127. The number of halogens is 1. The number of carbonyl (C=O) groups excluding carboxylic acids is 1. The Morgan fingerprint density at radius 3 is 2.80 bits per heavy atom. The average Bonchev–Trinajstić information content (AvgIpc) is 3.38. The molecule has 1 unspecified atom stereocenters. The number of ether oxygens (including phenoxy) is 1. The number of aromatic nitrogens is 2. The fraction of sp³-hybridized carbons (Fsp3) is 0.571. The molecule has 164 valence electrons. The third-order valence-corrected chi connectivity index (χ3v) is 5.73. The van der Waals surface area contributed by atoms with Crippen molar-refractivity contribution in [1.82, 2.24) is 24.9 Å². The van der Waals surface area contributed by atoms with Crippen molar-refractivity contribution in [3.63, 3.8) is 0 Å². The SMILES string of the molecule is CN(C)C(=O)CN=C(NC1CCOCC1)N1CCC(n2ncc3ccccc32)C1.I. The number of rotatable bonds is 4. The molecular weight excluding hydrogens is 495 g/mol. The van der Waals surface area contributed by atoms with E-state index in [4.69, 9.17) is 4.74 Å². The van der Waals surface area contributed by atoms with E-state index in [1.54, 1.807) is 19.0 Å². The van der Waals surface area contributed by atoms with Gasteiger partial charge in [-0.05, 0) is 25.3 Å². The Morgan fingerprint density at radius 1 is 1.27 bits per heavy atom. The summed E-state index contributed by atoms with van der Waals surface area (Å²) < 4.78 is 7.61. The lowest BCUT2D eigenvalue weighted by Gasteiger charge is -2.29. The lowest BCUT2D eigenvalue weighted by atomic mass is 10.1. The van der Waals surface area contributed by atoms with Gasteiger partial charge >= 0.3 is 0 Å². The minimum Gasteiger partial charge on any atom is -0.381 e. The first-order valence-electron chi connectivity index (χ1n) is 10.4. The number of likely N-dealkylation sites (N-methyl/N-ethyl adjacent to an activating group) is 1. The Labute approximate surface area is 194 Å². The van der Waals surface area contributed by atoms with Crippen LogP contribution in [0.25, 0.3) is 10.9 Å². The van der Waals surface area contributed by atoms with Gasteiger partial charge < -0.3 is 19.9 Å². The van der Waals surface area contributed by atoms with E-state index < -0.39 is 0 Å². The zero-order chi connectivity index (χ0) is 20.2. The van der Waals surface area contributed by atoms with Gasteiger partial charge in [-0.3, -0.25) is 9.48 Å². The van der Waals surface area contributed by atoms with E-state index in [2.05, 4.69) is 43.2 Å². The number of fused-ring (bicyclic) bond motifs is 1. The Bertz CT molecular complexity index is 877. The van der Waals surface area contributed by atoms with Crippen molar-refractivity contribution in [3.05, 3.63) is 30.5 Å². The van der Waals surface area contributed by atoms with Crippen molar-refractivity contribution in [2.75, 3.05) is 46.9 Å². The first-order chi connectivity index (χ1) is 14.1. The first-order valence-corrected chi connectivity index (χ1v) is 10.4. The van der Waals surface area contributed by atoms with Crippen LogP contribution in [0.4, 0.5) is 0 Å². The number of hydrogen-bond acceptors (Lipinski definition) is 4. The number of para-hydroxylation sites is 1. The third kappa shape index (κ3) is 5.23. The second kappa shape index (κ2) is 10.4. The quantitative estimate of drug-likeness (QED) is 0.376. The lowest BCUT2D eigenvalue weighted by Crippen LogP contribution is -2.47. The van der Waals surface area contributed by atoms with Crippen molar-refractivity contribution in [3.8, 4) is 0 Å². The molecule has 1 aromatic carbocycles. The van der Waals surface area contributed by atoms with Gasteiger partial charge in [0.15, 0.2) is 5.96 Å². The van der Waals surface area contributed by atoms with Crippen LogP contribution in [-0.2, 0) is 9.53 Å². The van der Waals surface area contributed by atoms with Gasteiger partial charge in [-0.25, -0.2) is 4.99 Å². The van der Waals surface area contributed by atoms with Gasteiger partial charge in [0, 0.05) is 51.8 Å². The number of likely N-dealkylation sites (tertiary alicyclic amines) is 1. The van der Waals surface area contributed by atoms with Gasteiger partial charge in [0.05, 0.1) is 17.8 Å². The molecule has 8 nitrogen and oxygen atoms in total. The highest BCUT2D eigenvalue weighted by Gasteiger charge is 2.29. The monoisotopic (exact) mass is 526 g/mol. The van der Waals surface area contributed by atoms with E-state index in [0.717, 1.165) is 62.4 Å². The molecule has 2 aliphatic heterocycles. The van der Waals surface area contributed by atoms with Crippen LogP contribution in [0.5, 0.6) is 0 Å². The van der Waals surface area contributed by atoms with Crippen LogP contribution in [0.1, 0.15) is 25.3 Å². The number of hydrogen-bond donors (Lipinski definition) is 1. The molecule has 0 radical (unpaired) electrons. The summed E-state index contributed by atoms with van der Waals surface area (Å²) in [5, 5.41) is 9.39. The highest BCUT2D eigenvalue weighted by atomic mass is 127. The summed E-state index contributed by atoms with van der Waals surface area (Å²) in [5.41, 5.74) is 1.16. The zero-order valence-corrected chi connectivity index (χ0v) is 20.0. The maximum atomic E-state index is 12.1. The predicted molar refractivity (Wildman–Crippen MR) is 128 cm³/mol. The van der Waals surface area contributed by atoms with E-state index in [9.17, 15) is 4.79 Å². The van der Waals surface area contributed by atoms with Crippen molar-refractivity contribution >= 4 is 46.7 Å². The molecule has 3 heterocycles. The molecule has 1 N–H and O–H groups in total. The minimum absolute atomic E-state index is 0. The highest BCUT2D eigenvalue weighted by molar-refractivity contribution is 14.0. The number of benzene rings is 1. The van der Waals surface area contributed by atoms with Gasteiger partial charge in [0.1, 0.15) is 6.54 Å². The number of guanidine groups is 1. The smallest absolute Gasteiger partial charge is 0.243 e. The topological polar surface area (TPSA) is 75.0 Å². The number of nitrogens with one attached hydrogen (secondary N) is 1. The number of carbonyl (C=O) groups is 1. The van der Waals surface area contributed by atoms with Crippen LogP contribution in [0.3, 0.4) is 0 Å². The molecule has 9 heteroatoms. The maximum absolute atomic E-state index is 12.1. The summed E-state index contributed by atoms with van der Waals surface area (Å²) in [6, 6.07) is 8.94. The van der Waals surface area contributed by atoms with Gasteiger partial charge in [0.25, 0.3) is 0 Å². The Morgan fingerprint density at radius 2 is 2.03 bits per heavy atom. The van der Waals surface area contributed by atoms with Crippen molar-refractivity contribution in [2.45, 2.75) is 31.3 Å². The molecule has 2 aromatic rings. The summed E-state index contributed by atoms with van der Waals surface area (Å²) in [7, 11) is 3.52. The molecule has 0 saturated carbocycles. The highest BCUT2D eigenvalue weighted by Crippen LogP contribution is 2.25. The fourth-order valence-electron chi connectivity index (χ4n) is 3.96. The second-order valence-electron chi connectivity index (χ2n) is 8.00. The molecule has 1 atom stereocenters. The molecule has 30 heavy (non-hydrogen) atoms. The Kier molecular flexibility index (Phi) is 7.93. The van der Waals surface area contributed by atoms with E-state index in [1.807, 2.05) is 12.3 Å². The molecule has 2 fully saturated rings. The van der Waals surface area contributed by atoms with E-state index in [1.165, 1.54) is 0 Å². The predicted octanol–water partition coefficient (Wildman–Crippen LogP) is 2.11. The summed E-state index contributed by atoms with van der Waals surface area (Å²) in [5.74, 6) is 0.830. The summed E-state index contributed by atoms with van der Waals surface area (Å²) >= 11 is 0. The van der Waals surface area contributed by atoms with Gasteiger partial charge in [-0.15, -0.1) is 24.0 Å². The number of nitrogens with zero attached hydrogens (tertiary/aromatic N) is 5. The van der Waals surface area contributed by atoms with E-state index >= 15 is 0 Å². The summed E-state index contributed by atoms with van der Waals surface area (Å²) in [6.45, 7) is 3.41. The maximum Gasteiger partial charge on any atom is 0.243 e. The second-order valence-corrected chi connectivity index (χ2v) is 8.00. The van der Waals surface area contributed by atoms with Gasteiger partial charge in [0.2, 0.25) is 5.91 Å². The third-order valence-electron chi connectivity index (χ3n) is 5.73. The van der Waals surface area contributed by atoms with Crippen molar-refractivity contribution in [1.29, 1.82) is 0 Å². The summed E-state index contributed by atoms with van der Waals surface area (Å²) in [4.78, 5) is 20.6. The molecule has 1 aromatic heterocycles. The molecule has 0 aliphatic carbocycles. The van der Waals surface area contributed by atoms with Crippen LogP contribution in [0, 0.1) is 0 Å². The zero-order valence-electron chi connectivity index (χ0n) is 17.7. The number of aliphatic imine (C=N–C) groups is 1. The van der Waals surface area contributed by atoms with Crippen molar-refractivity contribution < 1.29 is 9.53 Å². The van der Waals surface area contributed by atoms with Crippen LogP contribution in [0.2, 0.25) is 0 Å². The standard InChI is InChI=1S/C21H30N6O2.HI/c1-25(2)20(28)14-22-21(24-17-8-11-29-12-9-17)26-10-7-18(15-26)27-19-6-4-3-5-16(19)13-23-27;/h3-6,13,17-18H,7-12,14-15H2,1-2H3,(H,22,24);1H. The number of amides is 1. The largest absolute Gasteiger partial charge is 0.381 e. The first kappa shape index (κ1) is 22.8. The molecule has 0 spiro atoms. The molecule has 4 rings (SSSR count). The molecule has 0 bridgehead atoms. The molecular formula is C21H31IN6O2. The van der Waals surface area contributed by atoms with Gasteiger partial charge in [-0.2, -0.15) is 5.10 Å². The average molecular weight is 526 g/mol.